The maximum absolute atomic E-state index is 13.8. The Morgan fingerprint density at radius 3 is 2.81 bits per heavy atom. The molecule has 2 N–H and O–H groups in total. The third kappa shape index (κ3) is 2.00. The van der Waals surface area contributed by atoms with Crippen LogP contribution in [0.15, 0.2) is 11.0 Å². The van der Waals surface area contributed by atoms with Crippen LogP contribution in [-0.2, 0) is 9.53 Å². The molecule has 21 heavy (non-hydrogen) atoms. The van der Waals surface area contributed by atoms with Crippen molar-refractivity contribution in [2.45, 2.75) is 32.1 Å². The van der Waals surface area contributed by atoms with Gasteiger partial charge >= 0.3 is 11.8 Å². The van der Waals surface area contributed by atoms with E-state index in [9.17, 15) is 18.8 Å². The van der Waals surface area contributed by atoms with E-state index in [1.54, 1.807) is 12.2 Å². The lowest BCUT2D eigenvalue weighted by atomic mass is 9.99. The summed E-state index contributed by atoms with van der Waals surface area (Å²) in [6.45, 7) is 1.58. The summed E-state index contributed by atoms with van der Waals surface area (Å²) >= 11 is 0. The number of anilines is 1. The van der Waals surface area contributed by atoms with Crippen LogP contribution in [0.1, 0.15) is 26.0 Å². The SMILES string of the molecule is C[C@H]1OC(n2cc(F)c(NC(=O)O)nc2=O)C2(CC2)C1=O. The fourth-order valence-corrected chi connectivity index (χ4v) is 2.67. The van der Waals surface area contributed by atoms with Gasteiger partial charge in [0.25, 0.3) is 0 Å². The van der Waals surface area contributed by atoms with Gasteiger partial charge in [-0.2, -0.15) is 4.98 Å². The third-order valence-electron chi connectivity index (χ3n) is 3.84. The van der Waals surface area contributed by atoms with E-state index in [0.29, 0.717) is 12.8 Å². The van der Waals surface area contributed by atoms with Crippen LogP contribution in [0, 0.1) is 11.2 Å². The van der Waals surface area contributed by atoms with Gasteiger partial charge in [0.15, 0.2) is 23.6 Å². The first-order valence-electron chi connectivity index (χ1n) is 6.33. The number of Topliss-reactive ketones (excluding diaryl/α,β-unsaturated/α-hetero) is 1. The van der Waals surface area contributed by atoms with Crippen LogP contribution in [0.5, 0.6) is 0 Å². The van der Waals surface area contributed by atoms with Crippen molar-refractivity contribution in [3.63, 3.8) is 0 Å². The molecule has 0 bridgehead atoms. The van der Waals surface area contributed by atoms with Crippen molar-refractivity contribution in [2.75, 3.05) is 5.32 Å². The molecule has 0 aromatic carbocycles. The van der Waals surface area contributed by atoms with Crippen LogP contribution < -0.4 is 11.0 Å². The molecule has 1 saturated carbocycles. The standard InChI is InChI=1S/C12H12FN3O5/c1-5-7(17)12(2-3-12)9(21-5)16-4-6(13)8(14-10(16)18)15-11(19)20/h4-5,9H,2-3H2,1H3,(H,19,20)(H,14,15,18)/t5-,9?/m1/s1. The first-order valence-corrected chi connectivity index (χ1v) is 6.33. The largest absolute Gasteiger partial charge is 0.465 e. The van der Waals surface area contributed by atoms with Gasteiger partial charge < -0.3 is 9.84 Å². The fourth-order valence-electron chi connectivity index (χ4n) is 2.67. The number of nitrogens with zero attached hydrogens (tertiary/aromatic N) is 2. The molecule has 1 saturated heterocycles. The molecule has 0 radical (unpaired) electrons. The van der Waals surface area contributed by atoms with Crippen LogP contribution >= 0.6 is 0 Å². The topological polar surface area (TPSA) is 111 Å². The van der Waals surface area contributed by atoms with Gasteiger partial charge in [0.1, 0.15) is 6.10 Å². The Kier molecular flexibility index (Phi) is 2.84. The molecule has 1 aliphatic carbocycles. The number of hydrogen-bond acceptors (Lipinski definition) is 5. The summed E-state index contributed by atoms with van der Waals surface area (Å²) in [7, 11) is 0. The highest BCUT2D eigenvalue weighted by Crippen LogP contribution is 2.59. The minimum absolute atomic E-state index is 0.104. The van der Waals surface area contributed by atoms with E-state index < -0.39 is 41.2 Å². The molecule has 2 heterocycles. The number of amides is 1. The number of nitrogens with one attached hydrogen (secondary N) is 1. The maximum atomic E-state index is 13.8. The van der Waals surface area contributed by atoms with E-state index in [-0.39, 0.29) is 5.78 Å². The zero-order chi connectivity index (χ0) is 15.4. The first-order chi connectivity index (χ1) is 9.85. The maximum Gasteiger partial charge on any atom is 0.410 e. The van der Waals surface area contributed by atoms with Gasteiger partial charge in [-0.3, -0.25) is 14.7 Å². The van der Waals surface area contributed by atoms with E-state index >= 15 is 0 Å². The molecule has 112 valence electrons. The van der Waals surface area contributed by atoms with E-state index in [2.05, 4.69) is 4.98 Å². The number of hydrogen-bond donors (Lipinski definition) is 2. The molecular weight excluding hydrogens is 285 g/mol. The number of aromatic nitrogens is 2. The van der Waals surface area contributed by atoms with Crippen molar-refractivity contribution in [1.82, 2.24) is 9.55 Å². The number of carbonyl (C=O) groups is 2. The molecule has 2 fully saturated rings. The molecule has 1 aromatic rings. The Hall–Kier alpha value is -2.29. The van der Waals surface area contributed by atoms with E-state index in [0.717, 1.165) is 10.8 Å². The zero-order valence-corrected chi connectivity index (χ0v) is 11.0. The van der Waals surface area contributed by atoms with E-state index in [1.807, 2.05) is 0 Å². The number of halogens is 1. The zero-order valence-electron chi connectivity index (χ0n) is 11.0. The number of carboxylic acid groups (broad SMARTS) is 1. The lowest BCUT2D eigenvalue weighted by Gasteiger charge is -2.18. The summed E-state index contributed by atoms with van der Waals surface area (Å²) < 4.78 is 20.2. The molecule has 1 aliphatic heterocycles. The molecular formula is C12H12FN3O5. The predicted molar refractivity (Wildman–Crippen MR) is 66.4 cm³/mol. The third-order valence-corrected chi connectivity index (χ3v) is 3.84. The second-order valence-electron chi connectivity index (χ2n) is 5.21. The van der Waals surface area contributed by atoms with E-state index in [4.69, 9.17) is 9.84 Å². The number of ether oxygens (including phenoxy) is 1. The van der Waals surface area contributed by atoms with Gasteiger partial charge in [-0.15, -0.1) is 0 Å². The summed E-state index contributed by atoms with van der Waals surface area (Å²) in [6.07, 6.45) is -1.12. The van der Waals surface area contributed by atoms with Gasteiger partial charge in [-0.25, -0.2) is 14.0 Å². The minimum Gasteiger partial charge on any atom is -0.465 e. The number of rotatable bonds is 2. The van der Waals surface area contributed by atoms with Crippen LogP contribution in [0.3, 0.4) is 0 Å². The Morgan fingerprint density at radius 2 is 2.24 bits per heavy atom. The molecule has 1 aromatic heterocycles. The first kappa shape index (κ1) is 13.7. The average Bonchev–Trinajstić information content (AvgIpc) is 3.15. The predicted octanol–water partition coefficient (Wildman–Crippen LogP) is 0.739. The Bertz CT molecular complexity index is 697. The van der Waals surface area contributed by atoms with Gasteiger partial charge in [-0.1, -0.05) is 0 Å². The molecule has 8 nitrogen and oxygen atoms in total. The number of carbonyl (C=O) groups excluding carboxylic acids is 1. The van der Waals surface area contributed by atoms with Crippen LogP contribution in [0.2, 0.25) is 0 Å². The van der Waals surface area contributed by atoms with Crippen molar-refractivity contribution in [2.24, 2.45) is 5.41 Å². The van der Waals surface area contributed by atoms with Crippen molar-refractivity contribution < 1.29 is 23.8 Å². The lowest BCUT2D eigenvalue weighted by Crippen LogP contribution is -2.33. The van der Waals surface area contributed by atoms with Gasteiger partial charge in [0, 0.05) is 0 Å². The Balaban J connectivity index is 2.01. The van der Waals surface area contributed by atoms with Gasteiger partial charge in [0.2, 0.25) is 0 Å². The van der Waals surface area contributed by atoms with Crippen molar-refractivity contribution >= 4 is 17.7 Å². The molecule has 1 unspecified atom stereocenters. The second kappa shape index (κ2) is 4.35. The summed E-state index contributed by atoms with van der Waals surface area (Å²) in [5, 5.41) is 10.2. The molecule has 3 rings (SSSR count). The van der Waals surface area contributed by atoms with Gasteiger partial charge in [0.05, 0.1) is 11.6 Å². The Morgan fingerprint density at radius 1 is 1.57 bits per heavy atom. The van der Waals surface area contributed by atoms with E-state index in [1.165, 1.54) is 0 Å². The van der Waals surface area contributed by atoms with Gasteiger partial charge in [-0.05, 0) is 19.8 Å². The average molecular weight is 297 g/mol. The highest BCUT2D eigenvalue weighted by molar-refractivity contribution is 5.93. The number of ketones is 1. The summed E-state index contributed by atoms with van der Waals surface area (Å²) in [5.74, 6) is -1.79. The lowest BCUT2D eigenvalue weighted by molar-refractivity contribution is -0.124. The smallest absolute Gasteiger partial charge is 0.410 e. The summed E-state index contributed by atoms with van der Waals surface area (Å²) in [5.41, 5.74) is -1.66. The summed E-state index contributed by atoms with van der Waals surface area (Å²) in [4.78, 5) is 37.8. The van der Waals surface area contributed by atoms with Crippen molar-refractivity contribution in [3.05, 3.63) is 22.5 Å². The second-order valence-corrected chi connectivity index (χ2v) is 5.21. The molecule has 1 spiro atoms. The highest BCUT2D eigenvalue weighted by Gasteiger charge is 2.63. The van der Waals surface area contributed by atoms with Crippen LogP contribution in [0.4, 0.5) is 15.0 Å². The monoisotopic (exact) mass is 297 g/mol. The minimum atomic E-state index is -1.53. The molecule has 1 amide bonds. The summed E-state index contributed by atoms with van der Waals surface area (Å²) in [6, 6.07) is 0. The molecule has 2 aliphatic rings. The van der Waals surface area contributed by atoms with Crippen LogP contribution in [0.25, 0.3) is 0 Å². The van der Waals surface area contributed by atoms with Crippen molar-refractivity contribution in [3.8, 4) is 0 Å². The van der Waals surface area contributed by atoms with Crippen molar-refractivity contribution in [1.29, 1.82) is 0 Å². The van der Waals surface area contributed by atoms with Crippen LogP contribution in [-0.4, -0.2) is 32.6 Å². The fraction of sp³-hybridized carbons (Fsp3) is 0.500. The quantitative estimate of drug-likeness (QED) is 0.833. The highest BCUT2D eigenvalue weighted by atomic mass is 19.1. The Labute approximate surface area is 117 Å². The molecule has 2 atom stereocenters. The normalized spacial score (nSPS) is 26.1. The molecule has 9 heteroatoms.